The van der Waals surface area contributed by atoms with E-state index in [9.17, 15) is 8.78 Å². The van der Waals surface area contributed by atoms with E-state index < -0.39 is 17.9 Å². The van der Waals surface area contributed by atoms with Crippen molar-refractivity contribution in [3.8, 4) is 5.75 Å². The minimum Gasteiger partial charge on any atom is -0.506 e. The minimum absolute atomic E-state index is 0.253. The Morgan fingerprint density at radius 3 is 2.57 bits per heavy atom. The van der Waals surface area contributed by atoms with Crippen molar-refractivity contribution in [2.45, 2.75) is 18.4 Å². The van der Waals surface area contributed by atoms with E-state index in [1.165, 1.54) is 0 Å². The van der Waals surface area contributed by atoms with E-state index in [2.05, 4.69) is 20.9 Å². The van der Waals surface area contributed by atoms with Gasteiger partial charge in [0.1, 0.15) is 11.4 Å². The van der Waals surface area contributed by atoms with Crippen molar-refractivity contribution in [1.82, 2.24) is 4.98 Å². The van der Waals surface area contributed by atoms with Crippen molar-refractivity contribution in [2.75, 3.05) is 0 Å². The fraction of sp³-hybridized carbons (Fsp3) is 0.375. The molecule has 0 bridgehead atoms. The molecule has 1 aromatic rings. The quantitative estimate of drug-likeness (QED) is 0.825. The van der Waals surface area contributed by atoms with E-state index >= 15 is 0 Å². The number of aliphatic hydroxyl groups excluding tert-OH is 1. The lowest BCUT2D eigenvalue weighted by Crippen LogP contribution is -2.00. The first kappa shape index (κ1) is 11.3. The van der Waals surface area contributed by atoms with Crippen molar-refractivity contribution in [3.63, 3.8) is 0 Å². The van der Waals surface area contributed by atoms with Gasteiger partial charge < -0.3 is 10.2 Å². The molecule has 0 aliphatic rings. The van der Waals surface area contributed by atoms with E-state index in [0.717, 1.165) is 6.07 Å². The lowest BCUT2D eigenvalue weighted by Gasteiger charge is -2.08. The van der Waals surface area contributed by atoms with Crippen LogP contribution in [0.5, 0.6) is 5.75 Å². The zero-order valence-corrected chi connectivity index (χ0v) is 8.63. The molecule has 0 aliphatic heterocycles. The van der Waals surface area contributed by atoms with Crippen LogP contribution in [0.3, 0.4) is 0 Å². The summed E-state index contributed by atoms with van der Waals surface area (Å²) in [6.07, 6.45) is -2.82. The van der Waals surface area contributed by atoms with Gasteiger partial charge in [-0.3, -0.25) is 0 Å². The van der Waals surface area contributed by atoms with Crippen molar-refractivity contribution in [1.29, 1.82) is 0 Å². The number of aliphatic hydroxyl groups is 1. The highest BCUT2D eigenvalue weighted by molar-refractivity contribution is 9.08. The Hall–Kier alpha value is -0.750. The van der Waals surface area contributed by atoms with Crippen LogP contribution in [0.25, 0.3) is 0 Å². The van der Waals surface area contributed by atoms with E-state index in [1.807, 2.05) is 0 Å². The summed E-state index contributed by atoms with van der Waals surface area (Å²) in [4.78, 5) is 3.55. The van der Waals surface area contributed by atoms with Gasteiger partial charge in [-0.25, -0.2) is 13.8 Å². The predicted octanol–water partition coefficient (Wildman–Crippen LogP) is 2.11. The molecule has 3 nitrogen and oxygen atoms in total. The lowest BCUT2D eigenvalue weighted by atomic mass is 10.2. The SMILES string of the molecule is OCc1cc(O)c(C(F)F)nc1CBr. The van der Waals surface area contributed by atoms with Gasteiger partial charge in [-0.15, -0.1) is 0 Å². The largest absolute Gasteiger partial charge is 0.506 e. The summed E-state index contributed by atoms with van der Waals surface area (Å²) in [6.45, 7) is -0.342. The molecule has 0 unspecified atom stereocenters. The molecule has 0 fully saturated rings. The van der Waals surface area contributed by atoms with Crippen LogP contribution in [0.4, 0.5) is 8.78 Å². The number of alkyl halides is 3. The summed E-state index contributed by atoms with van der Waals surface area (Å²) in [5.41, 5.74) is -0.0129. The molecular weight excluding hydrogens is 260 g/mol. The molecule has 1 aromatic heterocycles. The van der Waals surface area contributed by atoms with Gasteiger partial charge in [-0.2, -0.15) is 0 Å². The molecule has 0 aromatic carbocycles. The third kappa shape index (κ3) is 2.19. The van der Waals surface area contributed by atoms with E-state index in [-0.39, 0.29) is 11.9 Å². The summed E-state index contributed by atoms with van der Waals surface area (Å²) in [6, 6.07) is 1.10. The van der Waals surface area contributed by atoms with Crippen LogP contribution in [0.1, 0.15) is 23.4 Å². The van der Waals surface area contributed by atoms with Crippen LogP contribution in [0.2, 0.25) is 0 Å². The van der Waals surface area contributed by atoms with Crippen LogP contribution in [-0.4, -0.2) is 15.2 Å². The fourth-order valence-electron chi connectivity index (χ4n) is 1.01. The van der Waals surface area contributed by atoms with Gasteiger partial charge in [0.05, 0.1) is 12.3 Å². The lowest BCUT2D eigenvalue weighted by molar-refractivity contribution is 0.141. The van der Waals surface area contributed by atoms with Gasteiger partial charge in [0.25, 0.3) is 6.43 Å². The first-order chi connectivity index (χ1) is 6.60. The van der Waals surface area contributed by atoms with Crippen LogP contribution >= 0.6 is 15.9 Å². The van der Waals surface area contributed by atoms with Crippen molar-refractivity contribution >= 4 is 15.9 Å². The summed E-state index contributed by atoms with van der Waals surface area (Å²) in [5.74, 6) is -0.589. The molecule has 0 atom stereocenters. The minimum atomic E-state index is -2.82. The molecule has 78 valence electrons. The number of aromatic hydroxyl groups is 1. The topological polar surface area (TPSA) is 53.4 Å². The van der Waals surface area contributed by atoms with Gasteiger partial charge >= 0.3 is 0 Å². The summed E-state index contributed by atoms with van der Waals surface area (Å²) in [7, 11) is 0. The maximum atomic E-state index is 12.3. The van der Waals surface area contributed by atoms with Gasteiger partial charge in [0, 0.05) is 10.9 Å². The molecule has 2 N–H and O–H groups in total. The Morgan fingerprint density at radius 1 is 1.50 bits per heavy atom. The Balaban J connectivity index is 3.23. The smallest absolute Gasteiger partial charge is 0.284 e. The maximum absolute atomic E-state index is 12.3. The summed E-state index contributed by atoms with van der Waals surface area (Å²) >= 11 is 3.06. The first-order valence-corrected chi connectivity index (χ1v) is 4.89. The Labute approximate surface area is 87.5 Å². The highest BCUT2D eigenvalue weighted by atomic mass is 79.9. The number of nitrogens with zero attached hydrogens (tertiary/aromatic N) is 1. The molecule has 0 saturated carbocycles. The van der Waals surface area contributed by atoms with E-state index in [0.29, 0.717) is 11.3 Å². The van der Waals surface area contributed by atoms with Crippen LogP contribution in [0.15, 0.2) is 6.07 Å². The number of halogens is 3. The van der Waals surface area contributed by atoms with Gasteiger partial charge in [-0.05, 0) is 6.07 Å². The molecule has 1 rings (SSSR count). The maximum Gasteiger partial charge on any atom is 0.284 e. The summed E-state index contributed by atoms with van der Waals surface area (Å²) in [5, 5.41) is 18.2. The molecule has 0 aliphatic carbocycles. The molecule has 0 spiro atoms. The number of hydrogen-bond acceptors (Lipinski definition) is 3. The predicted molar refractivity (Wildman–Crippen MR) is 49.4 cm³/mol. The average Bonchev–Trinajstić information content (AvgIpc) is 2.16. The highest BCUT2D eigenvalue weighted by Crippen LogP contribution is 2.28. The van der Waals surface area contributed by atoms with E-state index in [1.54, 1.807) is 0 Å². The molecule has 14 heavy (non-hydrogen) atoms. The second-order valence-corrected chi connectivity index (χ2v) is 3.15. The third-order valence-electron chi connectivity index (χ3n) is 1.70. The molecule has 0 saturated heterocycles. The van der Waals surface area contributed by atoms with Crippen molar-refractivity contribution in [2.24, 2.45) is 0 Å². The van der Waals surface area contributed by atoms with Crippen molar-refractivity contribution < 1.29 is 19.0 Å². The second kappa shape index (κ2) is 4.65. The number of aromatic nitrogens is 1. The average molecular weight is 268 g/mol. The molecule has 0 radical (unpaired) electrons. The first-order valence-electron chi connectivity index (χ1n) is 3.76. The third-order valence-corrected chi connectivity index (χ3v) is 2.23. The zero-order chi connectivity index (χ0) is 10.7. The number of pyridine rings is 1. The normalized spacial score (nSPS) is 10.9. The van der Waals surface area contributed by atoms with Crippen LogP contribution in [0, 0.1) is 0 Å². The van der Waals surface area contributed by atoms with Crippen LogP contribution in [-0.2, 0) is 11.9 Å². The van der Waals surface area contributed by atoms with Gasteiger partial charge in [-0.1, -0.05) is 15.9 Å². The number of hydrogen-bond donors (Lipinski definition) is 2. The highest BCUT2D eigenvalue weighted by Gasteiger charge is 2.17. The Morgan fingerprint density at radius 2 is 2.14 bits per heavy atom. The standard InChI is InChI=1S/C8H8BrF2NO2/c9-2-5-4(3-13)1-6(14)7(12-5)8(10)11/h1,8,13-14H,2-3H2. The fourth-order valence-corrected chi connectivity index (χ4v) is 1.50. The zero-order valence-electron chi connectivity index (χ0n) is 7.04. The van der Waals surface area contributed by atoms with Crippen molar-refractivity contribution in [3.05, 3.63) is 23.0 Å². The second-order valence-electron chi connectivity index (χ2n) is 2.59. The van der Waals surface area contributed by atoms with Crippen LogP contribution < -0.4 is 0 Å². The molecular formula is C8H8BrF2NO2. The van der Waals surface area contributed by atoms with Gasteiger partial charge in [0.2, 0.25) is 0 Å². The molecule has 6 heteroatoms. The Bertz CT molecular complexity index is 333. The monoisotopic (exact) mass is 267 g/mol. The van der Waals surface area contributed by atoms with Gasteiger partial charge in [0.15, 0.2) is 0 Å². The summed E-state index contributed by atoms with van der Waals surface area (Å²) < 4.78 is 24.6. The Kier molecular flexibility index (Phi) is 3.77. The molecule has 0 amide bonds. The number of rotatable bonds is 3. The molecule has 1 heterocycles. The van der Waals surface area contributed by atoms with E-state index in [4.69, 9.17) is 10.2 Å².